The molecule has 0 radical (unpaired) electrons. The maximum Gasteiger partial charge on any atom is 0.0694 e. The lowest BCUT2D eigenvalue weighted by Crippen LogP contribution is -1.93. The highest BCUT2D eigenvalue weighted by Crippen LogP contribution is 2.24. The largest absolute Gasteiger partial charge is 0.392 e. The van der Waals surface area contributed by atoms with Crippen LogP contribution in [0.3, 0.4) is 0 Å². The molecule has 0 bridgehead atoms. The van der Waals surface area contributed by atoms with Crippen LogP contribution in [-0.2, 0) is 13.2 Å². The van der Waals surface area contributed by atoms with Gasteiger partial charge in [0.25, 0.3) is 0 Å². The first kappa shape index (κ1) is 16.4. The average Bonchev–Trinajstić information content (AvgIpc) is 2.71. The fourth-order valence-electron chi connectivity index (χ4n) is 3.32. The highest BCUT2D eigenvalue weighted by atomic mass is 16.3. The first-order chi connectivity index (χ1) is 12.8. The fraction of sp³-hybridized carbons (Fsp3) is 0.0833. The third kappa shape index (κ3) is 2.84. The molecular weight excluding hydrogens is 320 g/mol. The Bertz CT molecular complexity index is 1070. The summed E-state index contributed by atoms with van der Waals surface area (Å²) in [6.07, 6.45) is 0. The van der Waals surface area contributed by atoms with E-state index >= 15 is 0 Å². The molecule has 2 nitrogen and oxygen atoms in total. The quantitative estimate of drug-likeness (QED) is 0.533. The van der Waals surface area contributed by atoms with Crippen LogP contribution >= 0.6 is 0 Å². The van der Waals surface area contributed by atoms with Gasteiger partial charge in [0.2, 0.25) is 0 Å². The van der Waals surface area contributed by atoms with Crippen molar-refractivity contribution in [3.8, 4) is 11.8 Å². The second-order valence-corrected chi connectivity index (χ2v) is 6.21. The van der Waals surface area contributed by atoms with E-state index in [-0.39, 0.29) is 13.2 Å². The lowest BCUT2D eigenvalue weighted by Gasteiger charge is -2.08. The molecule has 0 atom stereocenters. The summed E-state index contributed by atoms with van der Waals surface area (Å²) in [5.74, 6) is 6.54. The van der Waals surface area contributed by atoms with Crippen LogP contribution in [0.5, 0.6) is 0 Å². The molecule has 4 aromatic carbocycles. The van der Waals surface area contributed by atoms with E-state index in [1.807, 2.05) is 72.8 Å². The second kappa shape index (κ2) is 7.01. The summed E-state index contributed by atoms with van der Waals surface area (Å²) in [5, 5.41) is 23.7. The summed E-state index contributed by atoms with van der Waals surface area (Å²) in [6, 6.07) is 23.9. The summed E-state index contributed by atoms with van der Waals surface area (Å²) >= 11 is 0. The van der Waals surface area contributed by atoms with Crippen molar-refractivity contribution in [3.05, 3.63) is 95.1 Å². The van der Waals surface area contributed by atoms with E-state index in [1.54, 1.807) is 0 Å². The predicted octanol–water partition coefficient (Wildman–Crippen LogP) is 4.38. The Labute approximate surface area is 152 Å². The van der Waals surface area contributed by atoms with Gasteiger partial charge in [-0.05, 0) is 32.7 Å². The Morgan fingerprint density at radius 2 is 0.962 bits per heavy atom. The van der Waals surface area contributed by atoms with Crippen LogP contribution in [0.2, 0.25) is 0 Å². The van der Waals surface area contributed by atoms with Gasteiger partial charge in [-0.2, -0.15) is 0 Å². The van der Waals surface area contributed by atoms with Crippen LogP contribution in [-0.4, -0.2) is 10.2 Å². The van der Waals surface area contributed by atoms with Crippen LogP contribution < -0.4 is 0 Å². The van der Waals surface area contributed by atoms with E-state index in [0.717, 1.165) is 43.8 Å². The van der Waals surface area contributed by atoms with Gasteiger partial charge in [0, 0.05) is 11.1 Å². The van der Waals surface area contributed by atoms with Gasteiger partial charge in [0.05, 0.1) is 13.2 Å². The van der Waals surface area contributed by atoms with Crippen LogP contribution in [0, 0.1) is 11.8 Å². The maximum atomic E-state index is 9.74. The van der Waals surface area contributed by atoms with E-state index in [2.05, 4.69) is 11.8 Å². The zero-order chi connectivity index (χ0) is 17.9. The number of aliphatic hydroxyl groups is 2. The zero-order valence-electron chi connectivity index (χ0n) is 14.2. The van der Waals surface area contributed by atoms with Gasteiger partial charge in [-0.25, -0.2) is 0 Å². The van der Waals surface area contributed by atoms with Crippen LogP contribution in [0.15, 0.2) is 72.8 Å². The van der Waals surface area contributed by atoms with E-state index in [0.29, 0.717) is 0 Å². The lowest BCUT2D eigenvalue weighted by atomic mass is 9.97. The van der Waals surface area contributed by atoms with Gasteiger partial charge in [-0.1, -0.05) is 84.6 Å². The third-order valence-electron chi connectivity index (χ3n) is 4.68. The zero-order valence-corrected chi connectivity index (χ0v) is 14.2. The Hall–Kier alpha value is -3.12. The van der Waals surface area contributed by atoms with Crippen molar-refractivity contribution in [2.75, 3.05) is 0 Å². The number of fused-ring (bicyclic) bond motifs is 2. The predicted molar refractivity (Wildman–Crippen MR) is 106 cm³/mol. The minimum absolute atomic E-state index is 0.0583. The van der Waals surface area contributed by atoms with Crippen molar-refractivity contribution >= 4 is 21.5 Å². The van der Waals surface area contributed by atoms with Crippen LogP contribution in [0.25, 0.3) is 21.5 Å². The second-order valence-electron chi connectivity index (χ2n) is 6.21. The Morgan fingerprint density at radius 1 is 0.538 bits per heavy atom. The van der Waals surface area contributed by atoms with Crippen LogP contribution in [0.4, 0.5) is 0 Å². The SMILES string of the molecule is OCc1ccc2ccccc2c1C#Cc1c(CO)ccc2ccccc12. The molecule has 0 saturated carbocycles. The van der Waals surface area contributed by atoms with Crippen molar-refractivity contribution in [2.45, 2.75) is 13.2 Å². The molecule has 0 aliphatic rings. The van der Waals surface area contributed by atoms with E-state index < -0.39 is 0 Å². The van der Waals surface area contributed by atoms with Crippen molar-refractivity contribution in [1.82, 2.24) is 0 Å². The van der Waals surface area contributed by atoms with Crippen LogP contribution in [0.1, 0.15) is 22.3 Å². The fourth-order valence-corrected chi connectivity index (χ4v) is 3.32. The molecule has 0 aliphatic heterocycles. The molecule has 0 aromatic heterocycles. The Morgan fingerprint density at radius 3 is 1.38 bits per heavy atom. The summed E-state index contributed by atoms with van der Waals surface area (Å²) in [6.45, 7) is -0.117. The third-order valence-corrected chi connectivity index (χ3v) is 4.68. The van der Waals surface area contributed by atoms with Gasteiger partial charge in [-0.15, -0.1) is 0 Å². The molecule has 0 heterocycles. The summed E-state index contributed by atoms with van der Waals surface area (Å²) in [7, 11) is 0. The molecule has 0 amide bonds. The molecule has 4 aromatic rings. The molecule has 2 N–H and O–H groups in total. The smallest absolute Gasteiger partial charge is 0.0694 e. The number of hydrogen-bond acceptors (Lipinski definition) is 2. The molecule has 126 valence electrons. The number of hydrogen-bond donors (Lipinski definition) is 2. The Balaban J connectivity index is 1.97. The highest BCUT2D eigenvalue weighted by Gasteiger charge is 2.07. The van der Waals surface area contributed by atoms with Gasteiger partial charge in [0.1, 0.15) is 0 Å². The van der Waals surface area contributed by atoms with Gasteiger partial charge < -0.3 is 10.2 Å². The molecule has 0 unspecified atom stereocenters. The first-order valence-corrected chi connectivity index (χ1v) is 8.57. The minimum Gasteiger partial charge on any atom is -0.392 e. The molecular formula is C24H18O2. The van der Waals surface area contributed by atoms with Gasteiger partial charge in [-0.3, -0.25) is 0 Å². The first-order valence-electron chi connectivity index (χ1n) is 8.57. The van der Waals surface area contributed by atoms with Gasteiger partial charge >= 0.3 is 0 Å². The summed E-state index contributed by atoms with van der Waals surface area (Å²) < 4.78 is 0. The van der Waals surface area contributed by atoms with Crippen molar-refractivity contribution in [2.24, 2.45) is 0 Å². The lowest BCUT2D eigenvalue weighted by molar-refractivity contribution is 0.281. The molecule has 0 aliphatic carbocycles. The van der Waals surface area contributed by atoms with E-state index in [4.69, 9.17) is 0 Å². The number of aliphatic hydroxyl groups excluding tert-OH is 2. The number of rotatable bonds is 2. The summed E-state index contributed by atoms with van der Waals surface area (Å²) in [5.41, 5.74) is 3.29. The van der Waals surface area contributed by atoms with Crippen molar-refractivity contribution < 1.29 is 10.2 Å². The average molecular weight is 338 g/mol. The molecule has 2 heteroatoms. The van der Waals surface area contributed by atoms with Crippen molar-refractivity contribution in [1.29, 1.82) is 0 Å². The van der Waals surface area contributed by atoms with E-state index in [1.165, 1.54) is 0 Å². The maximum absolute atomic E-state index is 9.74. The molecule has 0 fully saturated rings. The highest BCUT2D eigenvalue weighted by molar-refractivity contribution is 5.92. The Kier molecular flexibility index (Phi) is 4.41. The minimum atomic E-state index is -0.0583. The number of benzene rings is 4. The molecule has 4 rings (SSSR count). The summed E-state index contributed by atoms with van der Waals surface area (Å²) in [4.78, 5) is 0. The van der Waals surface area contributed by atoms with Gasteiger partial charge in [0.15, 0.2) is 0 Å². The standard InChI is InChI=1S/C24H18O2/c25-15-19-11-9-17-5-1-3-7-21(17)23(19)13-14-24-20(16-26)12-10-18-6-2-4-8-22(18)24/h1-12,25-26H,15-16H2. The topological polar surface area (TPSA) is 40.5 Å². The monoisotopic (exact) mass is 338 g/mol. The normalized spacial score (nSPS) is 10.7. The van der Waals surface area contributed by atoms with Crippen molar-refractivity contribution in [3.63, 3.8) is 0 Å². The van der Waals surface area contributed by atoms with E-state index in [9.17, 15) is 10.2 Å². The molecule has 26 heavy (non-hydrogen) atoms. The molecule has 0 saturated heterocycles. The molecule has 0 spiro atoms.